The van der Waals surface area contributed by atoms with E-state index in [1.165, 1.54) is 0 Å². The SMILES string of the molecule is N#Cc1ccc([C@@H](Oc2ccc3c(c2)OCCC3=O)c2ccnc(N=C(c3ccccc3)c3ccccc3)c2)cc1. The van der Waals surface area contributed by atoms with Gasteiger partial charge in [0.25, 0.3) is 0 Å². The number of rotatable bonds is 7. The molecule has 6 rings (SSSR count). The van der Waals surface area contributed by atoms with E-state index in [9.17, 15) is 10.1 Å². The van der Waals surface area contributed by atoms with Crippen molar-refractivity contribution >= 4 is 17.3 Å². The summed E-state index contributed by atoms with van der Waals surface area (Å²) in [6.45, 7) is 0.352. The lowest BCUT2D eigenvalue weighted by molar-refractivity contribution is 0.0933. The van der Waals surface area contributed by atoms with Crippen LogP contribution in [-0.4, -0.2) is 23.1 Å². The fourth-order valence-corrected chi connectivity index (χ4v) is 4.77. The minimum Gasteiger partial charge on any atom is -0.492 e. The van der Waals surface area contributed by atoms with Gasteiger partial charge in [-0.1, -0.05) is 72.8 Å². The highest BCUT2D eigenvalue weighted by Crippen LogP contribution is 2.34. The van der Waals surface area contributed by atoms with Crippen LogP contribution in [0, 0.1) is 11.3 Å². The molecular formula is C35H25N3O3. The molecule has 0 aliphatic carbocycles. The molecule has 6 nitrogen and oxygen atoms in total. The topological polar surface area (TPSA) is 84.6 Å². The fraction of sp³-hybridized carbons (Fsp3) is 0.0857. The largest absolute Gasteiger partial charge is 0.492 e. The Morgan fingerprint density at radius 3 is 2.24 bits per heavy atom. The number of aromatic nitrogens is 1. The predicted octanol–water partition coefficient (Wildman–Crippen LogP) is 7.26. The standard InChI is InChI=1S/C35H25N3O3/c36-23-24-11-13-27(14-12-24)35(41-29-15-16-30-31(39)18-20-40-32(30)22-29)28-17-19-37-33(21-28)38-34(25-7-3-1-4-8-25)26-9-5-2-6-10-26/h1-17,19,21-22,35H,18,20H2/t35-/m1/s1. The highest BCUT2D eigenvalue weighted by atomic mass is 16.5. The number of benzene rings is 4. The van der Waals surface area contributed by atoms with E-state index >= 15 is 0 Å². The summed E-state index contributed by atoms with van der Waals surface area (Å²) >= 11 is 0. The molecule has 0 spiro atoms. The number of nitriles is 1. The van der Waals surface area contributed by atoms with Crippen molar-refractivity contribution in [2.75, 3.05) is 6.61 Å². The quantitative estimate of drug-likeness (QED) is 0.205. The van der Waals surface area contributed by atoms with Gasteiger partial charge in [0, 0.05) is 35.4 Å². The zero-order valence-electron chi connectivity index (χ0n) is 22.1. The second-order valence-electron chi connectivity index (χ2n) is 9.55. The molecule has 198 valence electrons. The maximum absolute atomic E-state index is 12.3. The molecule has 2 heterocycles. The predicted molar refractivity (Wildman–Crippen MR) is 157 cm³/mol. The summed E-state index contributed by atoms with van der Waals surface area (Å²) in [7, 11) is 0. The molecule has 1 aliphatic rings. The summed E-state index contributed by atoms with van der Waals surface area (Å²) in [5.74, 6) is 1.68. The third-order valence-corrected chi connectivity index (χ3v) is 6.83. The van der Waals surface area contributed by atoms with Gasteiger partial charge >= 0.3 is 0 Å². The molecule has 1 aliphatic heterocycles. The number of fused-ring (bicyclic) bond motifs is 1. The van der Waals surface area contributed by atoms with Crippen molar-refractivity contribution in [3.8, 4) is 17.6 Å². The maximum atomic E-state index is 12.3. The normalized spacial score (nSPS) is 12.8. The second kappa shape index (κ2) is 11.7. The number of ether oxygens (including phenoxy) is 2. The van der Waals surface area contributed by atoms with E-state index in [-0.39, 0.29) is 5.78 Å². The summed E-state index contributed by atoms with van der Waals surface area (Å²) in [5.41, 5.74) is 5.58. The molecule has 0 amide bonds. The van der Waals surface area contributed by atoms with Crippen molar-refractivity contribution in [2.45, 2.75) is 12.5 Å². The van der Waals surface area contributed by atoms with Crippen LogP contribution in [0.25, 0.3) is 0 Å². The average molecular weight is 536 g/mol. The highest BCUT2D eigenvalue weighted by Gasteiger charge is 2.22. The molecule has 0 unspecified atom stereocenters. The van der Waals surface area contributed by atoms with Gasteiger partial charge in [-0.2, -0.15) is 5.26 Å². The van der Waals surface area contributed by atoms with Crippen LogP contribution in [0.4, 0.5) is 5.82 Å². The van der Waals surface area contributed by atoms with E-state index in [1.54, 1.807) is 36.5 Å². The molecule has 4 aromatic carbocycles. The Kier molecular flexibility index (Phi) is 7.33. The van der Waals surface area contributed by atoms with Crippen LogP contribution in [0.15, 0.2) is 126 Å². The van der Waals surface area contributed by atoms with Crippen LogP contribution in [0.5, 0.6) is 11.5 Å². The van der Waals surface area contributed by atoms with Gasteiger partial charge in [0.15, 0.2) is 11.6 Å². The van der Waals surface area contributed by atoms with E-state index in [0.717, 1.165) is 28.0 Å². The molecule has 1 atom stereocenters. The number of pyridine rings is 1. The van der Waals surface area contributed by atoms with Gasteiger partial charge in [0.1, 0.15) is 17.6 Å². The van der Waals surface area contributed by atoms with Crippen molar-refractivity contribution in [3.63, 3.8) is 0 Å². The number of nitrogens with zero attached hydrogens (tertiary/aromatic N) is 3. The van der Waals surface area contributed by atoms with Crippen LogP contribution < -0.4 is 9.47 Å². The van der Waals surface area contributed by atoms with E-state index in [1.807, 2.05) is 84.9 Å². The first-order valence-electron chi connectivity index (χ1n) is 13.3. The number of hydrogen-bond donors (Lipinski definition) is 0. The lowest BCUT2D eigenvalue weighted by Gasteiger charge is -2.22. The molecule has 6 heteroatoms. The fourth-order valence-electron chi connectivity index (χ4n) is 4.77. The lowest BCUT2D eigenvalue weighted by Crippen LogP contribution is -2.15. The van der Waals surface area contributed by atoms with Gasteiger partial charge in [-0.05, 0) is 42.0 Å². The number of ketones is 1. The highest BCUT2D eigenvalue weighted by molar-refractivity contribution is 6.13. The smallest absolute Gasteiger partial charge is 0.169 e. The Balaban J connectivity index is 1.41. The molecule has 41 heavy (non-hydrogen) atoms. The number of carbonyl (C=O) groups is 1. The van der Waals surface area contributed by atoms with Crippen molar-refractivity contribution in [1.82, 2.24) is 4.98 Å². The van der Waals surface area contributed by atoms with Crippen molar-refractivity contribution < 1.29 is 14.3 Å². The van der Waals surface area contributed by atoms with Crippen LogP contribution in [0.1, 0.15) is 50.7 Å². The Labute approximate surface area is 238 Å². The number of hydrogen-bond acceptors (Lipinski definition) is 6. The molecule has 5 aromatic rings. The van der Waals surface area contributed by atoms with Crippen molar-refractivity contribution in [2.24, 2.45) is 4.99 Å². The van der Waals surface area contributed by atoms with Gasteiger partial charge in [0.05, 0.1) is 29.5 Å². The minimum absolute atomic E-state index is 0.0608. The molecule has 0 fully saturated rings. The third kappa shape index (κ3) is 5.75. The Morgan fingerprint density at radius 2 is 1.56 bits per heavy atom. The first kappa shape index (κ1) is 25.7. The third-order valence-electron chi connectivity index (χ3n) is 6.83. The Morgan fingerprint density at radius 1 is 0.854 bits per heavy atom. The summed E-state index contributed by atoms with van der Waals surface area (Å²) in [6, 6.07) is 38.6. The van der Waals surface area contributed by atoms with Crippen molar-refractivity contribution in [3.05, 3.63) is 155 Å². The minimum atomic E-state index is -0.533. The van der Waals surface area contributed by atoms with Gasteiger partial charge in [-0.15, -0.1) is 0 Å². The van der Waals surface area contributed by atoms with Gasteiger partial charge in [-0.25, -0.2) is 9.98 Å². The van der Waals surface area contributed by atoms with E-state index in [2.05, 4.69) is 11.1 Å². The van der Waals surface area contributed by atoms with Gasteiger partial charge in [0.2, 0.25) is 0 Å². The van der Waals surface area contributed by atoms with Crippen LogP contribution in [0.2, 0.25) is 0 Å². The second-order valence-corrected chi connectivity index (χ2v) is 9.55. The summed E-state index contributed by atoms with van der Waals surface area (Å²) in [4.78, 5) is 21.8. The molecule has 0 bridgehead atoms. The average Bonchev–Trinajstić information content (AvgIpc) is 3.03. The van der Waals surface area contributed by atoms with Gasteiger partial charge < -0.3 is 9.47 Å². The first-order chi connectivity index (χ1) is 20.2. The van der Waals surface area contributed by atoms with Crippen LogP contribution >= 0.6 is 0 Å². The van der Waals surface area contributed by atoms with Crippen LogP contribution in [0.3, 0.4) is 0 Å². The lowest BCUT2D eigenvalue weighted by atomic mass is 10.00. The maximum Gasteiger partial charge on any atom is 0.169 e. The first-order valence-corrected chi connectivity index (χ1v) is 13.3. The van der Waals surface area contributed by atoms with Crippen molar-refractivity contribution in [1.29, 1.82) is 5.26 Å². The molecule has 0 N–H and O–H groups in total. The Hall–Kier alpha value is -5.54. The molecule has 0 saturated carbocycles. The number of carbonyl (C=O) groups excluding carboxylic acids is 1. The zero-order valence-corrected chi connectivity index (χ0v) is 22.1. The van der Waals surface area contributed by atoms with E-state index in [0.29, 0.717) is 41.5 Å². The van der Waals surface area contributed by atoms with Crippen LogP contribution in [-0.2, 0) is 0 Å². The number of aliphatic imine (C=N–C) groups is 1. The summed E-state index contributed by atoms with van der Waals surface area (Å²) < 4.78 is 12.3. The molecule has 0 saturated heterocycles. The summed E-state index contributed by atoms with van der Waals surface area (Å²) in [5, 5.41) is 9.32. The Bertz CT molecular complexity index is 1720. The molecule has 0 radical (unpaired) electrons. The molecular weight excluding hydrogens is 510 g/mol. The van der Waals surface area contributed by atoms with Gasteiger partial charge in [-0.3, -0.25) is 4.79 Å². The number of Topliss-reactive ketones (excluding diaryl/α,β-unsaturated/α-hetero) is 1. The monoisotopic (exact) mass is 535 g/mol. The van der Waals surface area contributed by atoms with E-state index < -0.39 is 6.10 Å². The molecule has 1 aromatic heterocycles. The van der Waals surface area contributed by atoms with E-state index in [4.69, 9.17) is 14.5 Å². The zero-order chi connectivity index (χ0) is 28.0. The summed E-state index contributed by atoms with van der Waals surface area (Å²) in [6.07, 6.45) is 1.56.